The van der Waals surface area contributed by atoms with Crippen LogP contribution in [0.15, 0.2) is 24.3 Å². The van der Waals surface area contributed by atoms with Gasteiger partial charge in [0.25, 0.3) is 0 Å². The molecular weight excluding hydrogens is 232 g/mol. The van der Waals surface area contributed by atoms with Crippen molar-refractivity contribution in [3.05, 3.63) is 29.8 Å². The molecule has 0 radical (unpaired) electrons. The minimum atomic E-state index is 0.349. The molecule has 0 bridgehead atoms. The molecule has 0 aliphatic carbocycles. The second-order valence-corrected chi connectivity index (χ2v) is 6.25. The van der Waals surface area contributed by atoms with Gasteiger partial charge in [0.2, 0.25) is 0 Å². The highest BCUT2D eigenvalue weighted by atomic mass is 15.2. The second-order valence-electron chi connectivity index (χ2n) is 6.25. The van der Waals surface area contributed by atoms with Crippen molar-refractivity contribution in [1.29, 1.82) is 0 Å². The molecule has 0 fully saturated rings. The van der Waals surface area contributed by atoms with E-state index in [1.807, 2.05) is 0 Å². The SMILES string of the molecule is CCNCC(C)(CC)CN1c2ccccc2CC1C. The third-order valence-corrected chi connectivity index (χ3v) is 4.56. The lowest BCUT2D eigenvalue weighted by Gasteiger charge is -2.37. The number of nitrogens with one attached hydrogen (secondary N) is 1. The van der Waals surface area contributed by atoms with Gasteiger partial charge >= 0.3 is 0 Å². The van der Waals surface area contributed by atoms with Gasteiger partial charge in [-0.3, -0.25) is 0 Å². The van der Waals surface area contributed by atoms with Crippen molar-refractivity contribution in [3.63, 3.8) is 0 Å². The summed E-state index contributed by atoms with van der Waals surface area (Å²) < 4.78 is 0. The lowest BCUT2D eigenvalue weighted by atomic mass is 9.86. The van der Waals surface area contributed by atoms with E-state index in [0.29, 0.717) is 11.5 Å². The molecule has 106 valence electrons. The standard InChI is InChI=1S/C17H28N2/c1-5-17(4,12-18-6-2)13-19-14(3)11-15-9-7-8-10-16(15)19/h7-10,14,18H,5-6,11-13H2,1-4H3. The normalized spacial score (nSPS) is 21.3. The molecule has 2 heteroatoms. The molecule has 2 atom stereocenters. The van der Waals surface area contributed by atoms with Gasteiger partial charge in [-0.15, -0.1) is 0 Å². The van der Waals surface area contributed by atoms with Crippen LogP contribution in [0.5, 0.6) is 0 Å². The van der Waals surface area contributed by atoms with Crippen LogP contribution in [0.4, 0.5) is 5.69 Å². The van der Waals surface area contributed by atoms with Gasteiger partial charge in [0.1, 0.15) is 0 Å². The fraction of sp³-hybridized carbons (Fsp3) is 0.647. The van der Waals surface area contributed by atoms with Crippen LogP contribution in [0, 0.1) is 5.41 Å². The van der Waals surface area contributed by atoms with E-state index in [1.54, 1.807) is 0 Å². The van der Waals surface area contributed by atoms with Crippen molar-refractivity contribution >= 4 is 5.69 Å². The molecule has 2 rings (SSSR count). The zero-order valence-electron chi connectivity index (χ0n) is 12.9. The quantitative estimate of drug-likeness (QED) is 0.842. The van der Waals surface area contributed by atoms with Gasteiger partial charge in [0.05, 0.1) is 0 Å². The summed E-state index contributed by atoms with van der Waals surface area (Å²) >= 11 is 0. The minimum Gasteiger partial charge on any atom is -0.368 e. The van der Waals surface area contributed by atoms with E-state index in [0.717, 1.165) is 19.6 Å². The summed E-state index contributed by atoms with van der Waals surface area (Å²) in [5.74, 6) is 0. The third-order valence-electron chi connectivity index (χ3n) is 4.56. The van der Waals surface area contributed by atoms with E-state index in [1.165, 1.54) is 24.1 Å². The van der Waals surface area contributed by atoms with Gasteiger partial charge in [-0.1, -0.05) is 39.0 Å². The van der Waals surface area contributed by atoms with Gasteiger partial charge in [-0.05, 0) is 43.4 Å². The Hall–Kier alpha value is -1.02. The third kappa shape index (κ3) is 3.11. The van der Waals surface area contributed by atoms with Crippen LogP contribution in [0.1, 0.15) is 39.7 Å². The van der Waals surface area contributed by atoms with Crippen LogP contribution >= 0.6 is 0 Å². The molecule has 0 amide bonds. The summed E-state index contributed by atoms with van der Waals surface area (Å²) in [6.45, 7) is 12.6. The summed E-state index contributed by atoms with van der Waals surface area (Å²) in [7, 11) is 0. The highest BCUT2D eigenvalue weighted by molar-refractivity contribution is 5.59. The number of hydrogen-bond acceptors (Lipinski definition) is 2. The van der Waals surface area contributed by atoms with E-state index in [2.05, 4.69) is 62.2 Å². The van der Waals surface area contributed by atoms with E-state index in [-0.39, 0.29) is 0 Å². The lowest BCUT2D eigenvalue weighted by Crippen LogP contribution is -2.44. The molecule has 0 saturated carbocycles. The smallest absolute Gasteiger partial charge is 0.0402 e. The molecule has 2 unspecified atom stereocenters. The van der Waals surface area contributed by atoms with Crippen molar-refractivity contribution in [2.24, 2.45) is 5.41 Å². The van der Waals surface area contributed by atoms with E-state index >= 15 is 0 Å². The average molecular weight is 260 g/mol. The van der Waals surface area contributed by atoms with Crippen LogP contribution in [-0.4, -0.2) is 25.7 Å². The van der Waals surface area contributed by atoms with Gasteiger partial charge in [0.15, 0.2) is 0 Å². The summed E-state index contributed by atoms with van der Waals surface area (Å²) in [4.78, 5) is 2.61. The predicted molar refractivity (Wildman–Crippen MR) is 83.9 cm³/mol. The fourth-order valence-corrected chi connectivity index (χ4v) is 3.00. The Morgan fingerprint density at radius 2 is 2.05 bits per heavy atom. The van der Waals surface area contributed by atoms with Gasteiger partial charge in [-0.25, -0.2) is 0 Å². The van der Waals surface area contributed by atoms with Crippen molar-refractivity contribution in [2.45, 2.75) is 46.6 Å². The molecule has 1 heterocycles. The second kappa shape index (κ2) is 5.96. The Kier molecular flexibility index (Phi) is 4.51. The lowest BCUT2D eigenvalue weighted by molar-refractivity contribution is 0.293. The molecule has 2 nitrogen and oxygen atoms in total. The monoisotopic (exact) mass is 260 g/mol. The summed E-state index contributed by atoms with van der Waals surface area (Å²) in [5.41, 5.74) is 3.31. The maximum atomic E-state index is 3.53. The van der Waals surface area contributed by atoms with Crippen LogP contribution in [0.25, 0.3) is 0 Å². The number of nitrogens with zero attached hydrogens (tertiary/aromatic N) is 1. The zero-order valence-corrected chi connectivity index (χ0v) is 12.9. The van der Waals surface area contributed by atoms with Crippen LogP contribution in [-0.2, 0) is 6.42 Å². The first kappa shape index (κ1) is 14.4. The minimum absolute atomic E-state index is 0.349. The van der Waals surface area contributed by atoms with Gasteiger partial charge < -0.3 is 10.2 Å². The molecule has 1 aliphatic heterocycles. The molecule has 1 aliphatic rings. The highest BCUT2D eigenvalue weighted by Crippen LogP contribution is 2.35. The Balaban J connectivity index is 2.13. The predicted octanol–water partition coefficient (Wildman–Crippen LogP) is 3.46. The largest absolute Gasteiger partial charge is 0.368 e. The first-order chi connectivity index (χ1) is 9.09. The number of anilines is 1. The number of rotatable bonds is 6. The van der Waals surface area contributed by atoms with Crippen molar-refractivity contribution in [2.75, 3.05) is 24.5 Å². The van der Waals surface area contributed by atoms with Crippen molar-refractivity contribution < 1.29 is 0 Å². The molecule has 0 saturated heterocycles. The van der Waals surface area contributed by atoms with Crippen LogP contribution in [0.3, 0.4) is 0 Å². The maximum Gasteiger partial charge on any atom is 0.0402 e. The number of fused-ring (bicyclic) bond motifs is 1. The Morgan fingerprint density at radius 3 is 2.74 bits per heavy atom. The molecule has 1 aromatic rings. The van der Waals surface area contributed by atoms with Crippen LogP contribution < -0.4 is 10.2 Å². The molecule has 19 heavy (non-hydrogen) atoms. The van der Waals surface area contributed by atoms with E-state index < -0.39 is 0 Å². The highest BCUT2D eigenvalue weighted by Gasteiger charge is 2.32. The summed E-state index contributed by atoms with van der Waals surface area (Å²) in [6.07, 6.45) is 2.41. The Bertz CT molecular complexity index is 415. The zero-order chi connectivity index (χ0) is 13.9. The summed E-state index contributed by atoms with van der Waals surface area (Å²) in [5, 5.41) is 3.53. The summed E-state index contributed by atoms with van der Waals surface area (Å²) in [6, 6.07) is 9.51. The van der Waals surface area contributed by atoms with E-state index in [9.17, 15) is 0 Å². The van der Waals surface area contributed by atoms with Crippen LogP contribution in [0.2, 0.25) is 0 Å². The molecule has 1 N–H and O–H groups in total. The number of hydrogen-bond donors (Lipinski definition) is 1. The number of para-hydroxylation sites is 1. The van der Waals surface area contributed by atoms with Crippen molar-refractivity contribution in [1.82, 2.24) is 5.32 Å². The molecule has 0 spiro atoms. The topological polar surface area (TPSA) is 15.3 Å². The number of benzene rings is 1. The van der Waals surface area contributed by atoms with Crippen molar-refractivity contribution in [3.8, 4) is 0 Å². The molecule has 1 aromatic carbocycles. The Morgan fingerprint density at radius 1 is 1.32 bits per heavy atom. The van der Waals surface area contributed by atoms with Gasteiger partial charge in [-0.2, -0.15) is 0 Å². The first-order valence-corrected chi connectivity index (χ1v) is 7.65. The van der Waals surface area contributed by atoms with Gasteiger partial charge in [0, 0.05) is 24.8 Å². The fourth-order valence-electron chi connectivity index (χ4n) is 3.00. The molecular formula is C17H28N2. The first-order valence-electron chi connectivity index (χ1n) is 7.65. The van der Waals surface area contributed by atoms with E-state index in [4.69, 9.17) is 0 Å². The maximum absolute atomic E-state index is 3.53. The Labute approximate surface area is 118 Å². The average Bonchev–Trinajstić information content (AvgIpc) is 2.73. The molecule has 0 aromatic heterocycles.